The molecule has 0 radical (unpaired) electrons. The Labute approximate surface area is 140 Å². The van der Waals surface area contributed by atoms with E-state index in [1.54, 1.807) is 32.0 Å². The first-order valence-electron chi connectivity index (χ1n) is 7.44. The fraction of sp³-hybridized carbons (Fsp3) is 0.235. The van der Waals surface area contributed by atoms with Crippen molar-refractivity contribution in [1.82, 2.24) is 0 Å². The fourth-order valence-electron chi connectivity index (χ4n) is 2.97. The number of benzene rings is 2. The standard InChI is InChI=1S/C17H18N2O4S/c1-10-7-11(2)17(12(3)8-10)24(21,22)19-13-5-4-6-14-16(13)18-15(20)9-23-14/h4-8,19H,9H2,1-3H3,(H,18,20). The van der Waals surface area contributed by atoms with Crippen molar-refractivity contribution in [3.05, 3.63) is 47.0 Å². The Balaban J connectivity index is 2.05. The average molecular weight is 346 g/mol. The molecule has 0 saturated heterocycles. The molecule has 7 heteroatoms. The monoisotopic (exact) mass is 346 g/mol. The maximum Gasteiger partial charge on any atom is 0.262 e. The first-order valence-corrected chi connectivity index (χ1v) is 8.92. The number of anilines is 2. The van der Waals surface area contributed by atoms with Crippen molar-refractivity contribution in [1.29, 1.82) is 0 Å². The summed E-state index contributed by atoms with van der Waals surface area (Å²) in [6.45, 7) is 5.36. The van der Waals surface area contributed by atoms with Gasteiger partial charge >= 0.3 is 0 Å². The molecule has 1 aliphatic heterocycles. The largest absolute Gasteiger partial charge is 0.481 e. The highest BCUT2D eigenvalue weighted by Crippen LogP contribution is 2.36. The first kappa shape index (κ1) is 16.3. The lowest BCUT2D eigenvalue weighted by molar-refractivity contribution is -0.118. The molecule has 0 spiro atoms. The van der Waals surface area contributed by atoms with Gasteiger partial charge in [-0.2, -0.15) is 0 Å². The molecule has 6 nitrogen and oxygen atoms in total. The van der Waals surface area contributed by atoms with Gasteiger partial charge in [0.05, 0.1) is 10.6 Å². The van der Waals surface area contributed by atoms with Crippen LogP contribution >= 0.6 is 0 Å². The van der Waals surface area contributed by atoms with Crippen LogP contribution in [0.4, 0.5) is 11.4 Å². The lowest BCUT2D eigenvalue weighted by Crippen LogP contribution is -2.27. The minimum atomic E-state index is -3.80. The van der Waals surface area contributed by atoms with E-state index in [1.165, 1.54) is 0 Å². The summed E-state index contributed by atoms with van der Waals surface area (Å²) in [6, 6.07) is 8.59. The number of para-hydroxylation sites is 1. The third kappa shape index (κ3) is 2.94. The van der Waals surface area contributed by atoms with Crippen molar-refractivity contribution < 1.29 is 17.9 Å². The van der Waals surface area contributed by atoms with Crippen LogP contribution in [0.15, 0.2) is 35.2 Å². The average Bonchev–Trinajstić information content (AvgIpc) is 2.46. The van der Waals surface area contributed by atoms with Crippen LogP contribution in [-0.2, 0) is 14.8 Å². The Hall–Kier alpha value is -2.54. The van der Waals surface area contributed by atoms with Crippen LogP contribution in [-0.4, -0.2) is 20.9 Å². The number of nitrogens with one attached hydrogen (secondary N) is 2. The lowest BCUT2D eigenvalue weighted by Gasteiger charge is -2.22. The molecule has 2 aromatic rings. The van der Waals surface area contributed by atoms with Crippen molar-refractivity contribution in [2.24, 2.45) is 0 Å². The molecule has 1 heterocycles. The normalized spacial score (nSPS) is 13.7. The molecule has 0 aliphatic carbocycles. The van der Waals surface area contributed by atoms with Gasteiger partial charge in [0.2, 0.25) is 0 Å². The lowest BCUT2D eigenvalue weighted by atomic mass is 10.1. The molecular formula is C17H18N2O4S. The Bertz CT molecular complexity index is 913. The van der Waals surface area contributed by atoms with E-state index in [2.05, 4.69) is 10.0 Å². The number of ether oxygens (including phenoxy) is 1. The van der Waals surface area contributed by atoms with Gasteiger partial charge in [-0.05, 0) is 44.0 Å². The van der Waals surface area contributed by atoms with Crippen LogP contribution in [0.1, 0.15) is 16.7 Å². The minimum absolute atomic E-state index is 0.0839. The molecule has 0 unspecified atom stereocenters. The molecule has 1 amide bonds. The van der Waals surface area contributed by atoms with Gasteiger partial charge in [-0.3, -0.25) is 9.52 Å². The summed E-state index contributed by atoms with van der Waals surface area (Å²) in [5.74, 6) is 0.115. The van der Waals surface area contributed by atoms with E-state index in [-0.39, 0.29) is 23.1 Å². The van der Waals surface area contributed by atoms with Gasteiger partial charge in [0.15, 0.2) is 6.61 Å². The number of fused-ring (bicyclic) bond motifs is 1. The van der Waals surface area contributed by atoms with Crippen LogP contribution in [0, 0.1) is 20.8 Å². The van der Waals surface area contributed by atoms with Crippen molar-refractivity contribution >= 4 is 27.3 Å². The van der Waals surface area contributed by atoms with Crippen LogP contribution in [0.5, 0.6) is 5.75 Å². The number of hydrogen-bond acceptors (Lipinski definition) is 4. The molecule has 0 aromatic heterocycles. The molecule has 2 N–H and O–H groups in total. The number of amides is 1. The van der Waals surface area contributed by atoms with Gasteiger partial charge < -0.3 is 10.1 Å². The molecule has 0 bridgehead atoms. The summed E-state index contributed by atoms with van der Waals surface area (Å²) in [5.41, 5.74) is 2.96. The zero-order valence-electron chi connectivity index (χ0n) is 13.6. The molecule has 3 rings (SSSR count). The first-order chi connectivity index (χ1) is 11.3. The Morgan fingerprint density at radius 1 is 1.12 bits per heavy atom. The Morgan fingerprint density at radius 2 is 1.79 bits per heavy atom. The van der Waals surface area contributed by atoms with Crippen LogP contribution in [0.25, 0.3) is 0 Å². The number of sulfonamides is 1. The van der Waals surface area contributed by atoms with Crippen LogP contribution < -0.4 is 14.8 Å². The third-order valence-corrected chi connectivity index (χ3v) is 5.44. The molecular weight excluding hydrogens is 328 g/mol. The molecule has 126 valence electrons. The second kappa shape index (κ2) is 5.83. The fourth-order valence-corrected chi connectivity index (χ4v) is 4.50. The highest BCUT2D eigenvalue weighted by molar-refractivity contribution is 7.92. The zero-order valence-corrected chi connectivity index (χ0v) is 14.5. The van der Waals surface area contributed by atoms with E-state index in [0.29, 0.717) is 22.6 Å². The third-order valence-electron chi connectivity index (χ3n) is 3.77. The second-order valence-electron chi connectivity index (χ2n) is 5.85. The Kier molecular flexibility index (Phi) is 3.96. The second-order valence-corrected chi connectivity index (χ2v) is 7.47. The molecule has 0 saturated carbocycles. The molecule has 0 atom stereocenters. The van der Waals surface area contributed by atoms with Crippen molar-refractivity contribution in [3.8, 4) is 5.75 Å². The van der Waals surface area contributed by atoms with Crippen LogP contribution in [0.2, 0.25) is 0 Å². The number of carbonyl (C=O) groups is 1. The van der Waals surface area contributed by atoms with Gasteiger partial charge in [-0.15, -0.1) is 0 Å². The summed E-state index contributed by atoms with van der Waals surface area (Å²) in [5, 5.41) is 2.65. The van der Waals surface area contributed by atoms with E-state index >= 15 is 0 Å². The van der Waals surface area contributed by atoms with Gasteiger partial charge in [-0.25, -0.2) is 8.42 Å². The Morgan fingerprint density at radius 3 is 2.46 bits per heavy atom. The predicted molar refractivity (Wildman–Crippen MR) is 92.0 cm³/mol. The number of carbonyl (C=O) groups excluding carboxylic acids is 1. The van der Waals surface area contributed by atoms with Gasteiger partial charge in [0, 0.05) is 0 Å². The van der Waals surface area contributed by atoms with E-state index < -0.39 is 10.0 Å². The SMILES string of the molecule is Cc1cc(C)c(S(=O)(=O)Nc2cccc3c2NC(=O)CO3)c(C)c1. The number of aryl methyl sites for hydroxylation is 3. The van der Waals surface area contributed by atoms with E-state index in [4.69, 9.17) is 4.74 Å². The topological polar surface area (TPSA) is 84.5 Å². The summed E-state index contributed by atoms with van der Waals surface area (Å²) in [6.07, 6.45) is 0. The predicted octanol–water partition coefficient (Wildman–Crippen LogP) is 2.74. The van der Waals surface area contributed by atoms with Gasteiger partial charge in [0.1, 0.15) is 11.4 Å². The van der Waals surface area contributed by atoms with Crippen LogP contribution in [0.3, 0.4) is 0 Å². The van der Waals surface area contributed by atoms with E-state index in [0.717, 1.165) is 5.56 Å². The maximum absolute atomic E-state index is 12.9. The smallest absolute Gasteiger partial charge is 0.262 e. The minimum Gasteiger partial charge on any atom is -0.481 e. The molecule has 1 aliphatic rings. The highest BCUT2D eigenvalue weighted by Gasteiger charge is 2.24. The quantitative estimate of drug-likeness (QED) is 0.895. The summed E-state index contributed by atoms with van der Waals surface area (Å²) in [4.78, 5) is 11.8. The molecule has 24 heavy (non-hydrogen) atoms. The molecule has 2 aromatic carbocycles. The van der Waals surface area contributed by atoms with E-state index in [1.807, 2.05) is 19.1 Å². The number of rotatable bonds is 3. The van der Waals surface area contributed by atoms with Crippen molar-refractivity contribution in [2.45, 2.75) is 25.7 Å². The van der Waals surface area contributed by atoms with Gasteiger partial charge in [0.25, 0.3) is 15.9 Å². The molecule has 0 fully saturated rings. The van der Waals surface area contributed by atoms with Crippen molar-refractivity contribution in [3.63, 3.8) is 0 Å². The van der Waals surface area contributed by atoms with Gasteiger partial charge in [-0.1, -0.05) is 23.8 Å². The van der Waals surface area contributed by atoms with Crippen molar-refractivity contribution in [2.75, 3.05) is 16.6 Å². The summed E-state index contributed by atoms with van der Waals surface area (Å²) >= 11 is 0. The van der Waals surface area contributed by atoms with E-state index in [9.17, 15) is 13.2 Å². The maximum atomic E-state index is 12.9. The zero-order chi connectivity index (χ0) is 17.5. The summed E-state index contributed by atoms with van der Waals surface area (Å²) in [7, 11) is -3.80. The summed E-state index contributed by atoms with van der Waals surface area (Å²) < 4.78 is 33.6. The highest BCUT2D eigenvalue weighted by atomic mass is 32.2. The number of hydrogen-bond donors (Lipinski definition) is 2.